The van der Waals surface area contributed by atoms with E-state index >= 15 is 0 Å². The number of hydrogen-bond acceptors (Lipinski definition) is 2. The quantitative estimate of drug-likeness (QED) is 0.686. The van der Waals surface area contributed by atoms with Crippen molar-refractivity contribution in [2.24, 2.45) is 0 Å². The molecular weight excluding hydrogens is 264 g/mol. The fourth-order valence-electron chi connectivity index (χ4n) is 1.68. The van der Waals surface area contributed by atoms with E-state index in [2.05, 4.69) is 46.0 Å². The maximum atomic E-state index is 11.9. The Morgan fingerprint density at radius 3 is 2.30 bits per heavy atom. The summed E-state index contributed by atoms with van der Waals surface area (Å²) in [5, 5.41) is 0.164. The molecule has 0 spiro atoms. The van der Waals surface area contributed by atoms with Gasteiger partial charge >= 0.3 is 0 Å². The summed E-state index contributed by atoms with van der Waals surface area (Å²) in [6, 6.07) is 10.3. The van der Waals surface area contributed by atoms with Gasteiger partial charge in [0.05, 0.1) is 6.61 Å². The van der Waals surface area contributed by atoms with Gasteiger partial charge in [0.2, 0.25) is 0 Å². The second kappa shape index (κ2) is 7.18. The van der Waals surface area contributed by atoms with Crippen molar-refractivity contribution in [1.29, 1.82) is 0 Å². The standard InChI is InChI=1S/C17H28O2Si/c1-17(2,3)20(4,5)19-14-16(18)13-9-12-15-10-7-6-8-11-15/h6-8,10-11H,9,12-14H2,1-5H3. The predicted octanol–water partition coefficient (Wildman–Crippen LogP) is 4.60. The van der Waals surface area contributed by atoms with E-state index in [1.807, 2.05) is 18.2 Å². The minimum atomic E-state index is -1.79. The number of rotatable bonds is 7. The molecule has 1 aromatic rings. The van der Waals surface area contributed by atoms with Crippen molar-refractivity contribution in [3.05, 3.63) is 35.9 Å². The predicted molar refractivity (Wildman–Crippen MR) is 87.5 cm³/mol. The van der Waals surface area contributed by atoms with Crippen LogP contribution in [0.2, 0.25) is 18.1 Å². The molecule has 0 heterocycles. The Hall–Kier alpha value is -0.933. The lowest BCUT2D eigenvalue weighted by Gasteiger charge is -2.35. The minimum absolute atomic E-state index is 0.164. The number of carbonyl (C=O) groups is 1. The van der Waals surface area contributed by atoms with E-state index in [0.29, 0.717) is 6.42 Å². The third-order valence-corrected chi connectivity index (χ3v) is 8.64. The number of aryl methyl sites for hydroxylation is 1. The molecule has 0 aliphatic rings. The molecule has 20 heavy (non-hydrogen) atoms. The monoisotopic (exact) mass is 292 g/mol. The molecular formula is C17H28O2Si. The van der Waals surface area contributed by atoms with Crippen LogP contribution in [0.1, 0.15) is 39.2 Å². The molecule has 0 aliphatic carbocycles. The van der Waals surface area contributed by atoms with E-state index in [4.69, 9.17) is 4.43 Å². The third kappa shape index (κ3) is 5.59. The third-order valence-electron chi connectivity index (χ3n) is 4.16. The van der Waals surface area contributed by atoms with Gasteiger partial charge in [-0.3, -0.25) is 4.79 Å². The van der Waals surface area contributed by atoms with Gasteiger partial charge in [0.1, 0.15) is 0 Å². The van der Waals surface area contributed by atoms with Crippen LogP contribution in [0.25, 0.3) is 0 Å². The largest absolute Gasteiger partial charge is 0.410 e. The Labute approximate surface area is 124 Å². The van der Waals surface area contributed by atoms with Gasteiger partial charge in [-0.25, -0.2) is 0 Å². The van der Waals surface area contributed by atoms with Gasteiger partial charge in [-0.2, -0.15) is 0 Å². The number of hydrogen-bond donors (Lipinski definition) is 0. The summed E-state index contributed by atoms with van der Waals surface area (Å²) in [7, 11) is -1.79. The second-order valence-corrected chi connectivity index (χ2v) is 11.7. The Kier molecular flexibility index (Phi) is 6.15. The SMILES string of the molecule is CC(C)(C)[Si](C)(C)OCC(=O)CCCc1ccccc1. The van der Waals surface area contributed by atoms with Crippen molar-refractivity contribution in [3.8, 4) is 0 Å². The summed E-state index contributed by atoms with van der Waals surface area (Å²) in [5.41, 5.74) is 1.30. The summed E-state index contributed by atoms with van der Waals surface area (Å²) in [5.74, 6) is 0.228. The van der Waals surface area contributed by atoms with E-state index in [0.717, 1.165) is 12.8 Å². The van der Waals surface area contributed by atoms with Gasteiger partial charge in [0.15, 0.2) is 14.1 Å². The molecule has 0 saturated heterocycles. The van der Waals surface area contributed by atoms with Crippen molar-refractivity contribution in [3.63, 3.8) is 0 Å². The van der Waals surface area contributed by atoms with Crippen molar-refractivity contribution in [2.45, 2.75) is 58.2 Å². The molecule has 112 valence electrons. The Morgan fingerprint density at radius 2 is 1.75 bits per heavy atom. The summed E-state index contributed by atoms with van der Waals surface area (Å²) in [6.45, 7) is 11.2. The Balaban J connectivity index is 2.28. The summed E-state index contributed by atoms with van der Waals surface area (Å²) >= 11 is 0. The molecule has 1 rings (SSSR count). The first kappa shape index (κ1) is 17.1. The molecule has 0 unspecified atom stereocenters. The molecule has 0 fully saturated rings. The first-order valence-corrected chi connectivity index (χ1v) is 10.3. The second-order valence-electron chi connectivity index (χ2n) is 6.93. The van der Waals surface area contributed by atoms with Crippen LogP contribution in [-0.2, 0) is 15.6 Å². The lowest BCUT2D eigenvalue weighted by Crippen LogP contribution is -2.42. The smallest absolute Gasteiger partial charge is 0.192 e. The maximum Gasteiger partial charge on any atom is 0.192 e. The summed E-state index contributed by atoms with van der Waals surface area (Å²) in [4.78, 5) is 11.9. The molecule has 0 saturated carbocycles. The van der Waals surface area contributed by atoms with Gasteiger partial charge in [-0.05, 0) is 36.5 Å². The lowest BCUT2D eigenvalue weighted by atomic mass is 10.1. The van der Waals surface area contributed by atoms with E-state index in [-0.39, 0.29) is 17.4 Å². The highest BCUT2D eigenvalue weighted by molar-refractivity contribution is 6.74. The van der Waals surface area contributed by atoms with E-state index < -0.39 is 8.32 Å². The molecule has 0 amide bonds. The van der Waals surface area contributed by atoms with Crippen molar-refractivity contribution < 1.29 is 9.22 Å². The highest BCUT2D eigenvalue weighted by atomic mass is 28.4. The van der Waals surface area contributed by atoms with Crippen LogP contribution in [0, 0.1) is 0 Å². The Morgan fingerprint density at radius 1 is 1.15 bits per heavy atom. The highest BCUT2D eigenvalue weighted by Crippen LogP contribution is 2.36. The van der Waals surface area contributed by atoms with Crippen LogP contribution in [0.5, 0.6) is 0 Å². The molecule has 0 bridgehead atoms. The topological polar surface area (TPSA) is 26.3 Å². The van der Waals surface area contributed by atoms with Crippen LogP contribution in [0.4, 0.5) is 0 Å². The molecule has 3 heteroatoms. The molecule has 0 aromatic heterocycles. The van der Waals surface area contributed by atoms with Crippen molar-refractivity contribution in [1.82, 2.24) is 0 Å². The molecule has 1 aromatic carbocycles. The molecule has 0 N–H and O–H groups in total. The van der Waals surface area contributed by atoms with Crippen LogP contribution in [0.15, 0.2) is 30.3 Å². The lowest BCUT2D eigenvalue weighted by molar-refractivity contribution is -0.121. The van der Waals surface area contributed by atoms with Gasteiger partial charge in [-0.1, -0.05) is 51.1 Å². The fourth-order valence-corrected chi connectivity index (χ4v) is 2.64. The normalized spacial score (nSPS) is 12.4. The average Bonchev–Trinajstić information content (AvgIpc) is 2.36. The highest BCUT2D eigenvalue weighted by Gasteiger charge is 2.37. The zero-order chi connectivity index (χ0) is 15.2. The van der Waals surface area contributed by atoms with Crippen molar-refractivity contribution >= 4 is 14.1 Å². The van der Waals surface area contributed by atoms with Gasteiger partial charge in [-0.15, -0.1) is 0 Å². The first-order chi connectivity index (χ1) is 9.22. The molecule has 0 atom stereocenters. The van der Waals surface area contributed by atoms with Crippen LogP contribution >= 0.6 is 0 Å². The maximum absolute atomic E-state index is 11.9. The molecule has 0 radical (unpaired) electrons. The average molecular weight is 292 g/mol. The fraction of sp³-hybridized carbons (Fsp3) is 0.588. The zero-order valence-corrected chi connectivity index (χ0v) is 14.5. The van der Waals surface area contributed by atoms with Gasteiger partial charge in [0.25, 0.3) is 0 Å². The van der Waals surface area contributed by atoms with Crippen LogP contribution in [0.3, 0.4) is 0 Å². The number of ketones is 1. The molecule has 0 aliphatic heterocycles. The summed E-state index contributed by atoms with van der Waals surface area (Å²) in [6.07, 6.45) is 2.49. The molecule has 2 nitrogen and oxygen atoms in total. The van der Waals surface area contributed by atoms with E-state index in [1.54, 1.807) is 0 Å². The van der Waals surface area contributed by atoms with Crippen LogP contribution in [-0.4, -0.2) is 20.7 Å². The van der Waals surface area contributed by atoms with Crippen LogP contribution < -0.4 is 0 Å². The van der Waals surface area contributed by atoms with Gasteiger partial charge in [0, 0.05) is 6.42 Å². The number of Topliss-reactive ketones (excluding diaryl/α,β-unsaturated/α-hetero) is 1. The minimum Gasteiger partial charge on any atom is -0.410 e. The van der Waals surface area contributed by atoms with Gasteiger partial charge < -0.3 is 4.43 Å². The number of benzene rings is 1. The van der Waals surface area contributed by atoms with E-state index in [1.165, 1.54) is 5.56 Å². The van der Waals surface area contributed by atoms with E-state index in [9.17, 15) is 4.79 Å². The van der Waals surface area contributed by atoms with Crippen molar-refractivity contribution in [2.75, 3.05) is 6.61 Å². The Bertz CT molecular complexity index is 418. The first-order valence-electron chi connectivity index (χ1n) is 7.42. The zero-order valence-electron chi connectivity index (χ0n) is 13.5. The number of carbonyl (C=O) groups excluding carboxylic acids is 1. The summed E-state index contributed by atoms with van der Waals surface area (Å²) < 4.78 is 5.95.